The largest absolute Gasteiger partial charge is 0.395 e. The Balaban J connectivity index is 2.04. The fraction of sp³-hybridized carbons (Fsp3) is 0.737. The van der Waals surface area contributed by atoms with E-state index < -0.39 is 0 Å². The maximum atomic E-state index is 14.1. The Hall–Kier alpha value is -1.00. The van der Waals surface area contributed by atoms with Crippen LogP contribution in [0.4, 0.5) is 4.39 Å². The minimum Gasteiger partial charge on any atom is -0.395 e. The van der Waals surface area contributed by atoms with Crippen molar-refractivity contribution in [1.82, 2.24) is 10.3 Å². The summed E-state index contributed by atoms with van der Waals surface area (Å²) in [6.07, 6.45) is 4.65. The minimum atomic E-state index is -0.266. The number of nitrogens with zero attached hydrogens (tertiary/aromatic N) is 1. The van der Waals surface area contributed by atoms with Crippen molar-refractivity contribution in [2.45, 2.75) is 71.9 Å². The van der Waals surface area contributed by atoms with Gasteiger partial charge in [0.15, 0.2) is 0 Å². The van der Waals surface area contributed by atoms with E-state index in [-0.39, 0.29) is 18.5 Å². The molecule has 0 amide bonds. The first-order valence-corrected chi connectivity index (χ1v) is 8.82. The lowest BCUT2D eigenvalue weighted by Gasteiger charge is -2.34. The Morgan fingerprint density at radius 3 is 2.52 bits per heavy atom. The van der Waals surface area contributed by atoms with Gasteiger partial charge in [-0.25, -0.2) is 4.39 Å². The minimum absolute atomic E-state index is 0.0321. The molecule has 1 aromatic rings. The van der Waals surface area contributed by atoms with Gasteiger partial charge in [0.1, 0.15) is 5.82 Å². The summed E-state index contributed by atoms with van der Waals surface area (Å²) in [7, 11) is 0. The lowest BCUT2D eigenvalue weighted by molar-refractivity contribution is 0.209. The van der Waals surface area contributed by atoms with Crippen molar-refractivity contribution in [1.29, 1.82) is 0 Å². The van der Waals surface area contributed by atoms with E-state index in [2.05, 4.69) is 24.1 Å². The van der Waals surface area contributed by atoms with Crippen LogP contribution in [0, 0.1) is 17.2 Å². The van der Waals surface area contributed by atoms with Crippen LogP contribution in [-0.2, 0) is 6.54 Å². The molecule has 1 aliphatic rings. The van der Waals surface area contributed by atoms with Crippen molar-refractivity contribution in [2.75, 3.05) is 6.61 Å². The van der Waals surface area contributed by atoms with E-state index in [1.54, 1.807) is 6.07 Å². The summed E-state index contributed by atoms with van der Waals surface area (Å²) in [4.78, 5) is 4.59. The zero-order valence-corrected chi connectivity index (χ0v) is 14.9. The average Bonchev–Trinajstić information content (AvgIpc) is 2.49. The third kappa shape index (κ3) is 4.98. The van der Waals surface area contributed by atoms with Gasteiger partial charge < -0.3 is 10.4 Å². The van der Waals surface area contributed by atoms with Gasteiger partial charge in [0, 0.05) is 24.2 Å². The number of halogens is 1. The lowest BCUT2D eigenvalue weighted by Crippen LogP contribution is -2.37. The van der Waals surface area contributed by atoms with Crippen LogP contribution in [-0.4, -0.2) is 22.7 Å². The molecule has 2 N–H and O–H groups in total. The summed E-state index contributed by atoms with van der Waals surface area (Å²) in [6.45, 7) is 9.13. The molecule has 0 radical (unpaired) electrons. The highest BCUT2D eigenvalue weighted by molar-refractivity contribution is 5.17. The number of aromatic nitrogens is 1. The van der Waals surface area contributed by atoms with E-state index in [0.717, 1.165) is 18.5 Å². The summed E-state index contributed by atoms with van der Waals surface area (Å²) in [5, 5.41) is 12.6. The summed E-state index contributed by atoms with van der Waals surface area (Å²) in [5.74, 6) is 0.478. The Morgan fingerprint density at radius 2 is 1.96 bits per heavy atom. The second-order valence-electron chi connectivity index (χ2n) is 8.02. The number of hydrogen-bond acceptors (Lipinski definition) is 3. The highest BCUT2D eigenvalue weighted by Crippen LogP contribution is 2.41. The van der Waals surface area contributed by atoms with Crippen LogP contribution in [0.25, 0.3) is 0 Å². The normalized spacial score (nSPS) is 20.0. The molecule has 0 saturated heterocycles. The van der Waals surface area contributed by atoms with E-state index in [4.69, 9.17) is 0 Å². The highest BCUT2D eigenvalue weighted by Gasteiger charge is 2.28. The maximum absolute atomic E-state index is 14.1. The molecule has 23 heavy (non-hydrogen) atoms. The molecule has 0 bridgehead atoms. The quantitative estimate of drug-likeness (QED) is 0.832. The molecule has 1 aromatic heterocycles. The summed E-state index contributed by atoms with van der Waals surface area (Å²) < 4.78 is 14.1. The number of nitrogens with one attached hydrogen (secondary N) is 1. The van der Waals surface area contributed by atoms with Gasteiger partial charge in [0.05, 0.1) is 12.3 Å². The first-order valence-electron chi connectivity index (χ1n) is 8.82. The number of pyridine rings is 1. The number of aliphatic hydroxyl groups is 1. The van der Waals surface area contributed by atoms with Crippen LogP contribution in [0.3, 0.4) is 0 Å². The Kier molecular flexibility index (Phi) is 6.15. The zero-order valence-electron chi connectivity index (χ0n) is 14.9. The monoisotopic (exact) mass is 322 g/mol. The molecular weight excluding hydrogens is 291 g/mol. The maximum Gasteiger partial charge on any atom is 0.146 e. The third-order valence-corrected chi connectivity index (χ3v) is 5.23. The van der Waals surface area contributed by atoms with Crippen LogP contribution in [0.1, 0.15) is 70.7 Å². The number of aliphatic hydroxyl groups excluding tert-OH is 1. The van der Waals surface area contributed by atoms with Gasteiger partial charge in [-0.15, -0.1) is 0 Å². The van der Waals surface area contributed by atoms with Gasteiger partial charge in [-0.05, 0) is 49.1 Å². The molecule has 0 aromatic carbocycles. The van der Waals surface area contributed by atoms with Crippen molar-refractivity contribution in [3.63, 3.8) is 0 Å². The van der Waals surface area contributed by atoms with Crippen molar-refractivity contribution < 1.29 is 9.50 Å². The van der Waals surface area contributed by atoms with E-state index in [9.17, 15) is 9.50 Å². The third-order valence-electron chi connectivity index (χ3n) is 5.23. The molecule has 1 heterocycles. The van der Waals surface area contributed by atoms with Crippen molar-refractivity contribution in [3.05, 3.63) is 29.3 Å². The molecule has 1 atom stereocenters. The molecule has 0 unspecified atom stereocenters. The molecule has 1 aliphatic carbocycles. The van der Waals surface area contributed by atoms with E-state index >= 15 is 0 Å². The molecular formula is C19H31FN2O. The fourth-order valence-corrected chi connectivity index (χ4v) is 3.29. The van der Waals surface area contributed by atoms with E-state index in [0.29, 0.717) is 29.5 Å². The van der Waals surface area contributed by atoms with Gasteiger partial charge in [-0.3, -0.25) is 4.98 Å². The molecule has 0 aliphatic heterocycles. The molecule has 2 rings (SSSR count). The van der Waals surface area contributed by atoms with E-state index in [1.165, 1.54) is 12.8 Å². The standard InChI is InChI=1S/C19H31FN2O/c1-13(2)18(12-23)21-11-17-15(20)5-6-16(22-17)14-7-9-19(3,4)10-8-14/h5-6,13-14,18,21,23H,7-12H2,1-4H3/t18-/m0/s1. The first kappa shape index (κ1) is 18.3. The van der Waals surface area contributed by atoms with Crippen molar-refractivity contribution in [3.8, 4) is 0 Å². The van der Waals surface area contributed by atoms with E-state index in [1.807, 2.05) is 19.9 Å². The summed E-state index contributed by atoms with van der Waals surface area (Å²) >= 11 is 0. The van der Waals surface area contributed by atoms with Crippen LogP contribution < -0.4 is 5.32 Å². The molecule has 1 saturated carbocycles. The van der Waals surface area contributed by atoms with Gasteiger partial charge in [0.2, 0.25) is 0 Å². The van der Waals surface area contributed by atoms with Gasteiger partial charge in [-0.2, -0.15) is 0 Å². The fourth-order valence-electron chi connectivity index (χ4n) is 3.29. The van der Waals surface area contributed by atoms with Crippen LogP contribution in [0.15, 0.2) is 12.1 Å². The average molecular weight is 322 g/mol. The second-order valence-corrected chi connectivity index (χ2v) is 8.02. The predicted octanol–water partition coefficient (Wildman–Crippen LogP) is 4.01. The lowest BCUT2D eigenvalue weighted by atomic mass is 9.72. The molecule has 130 valence electrons. The number of rotatable bonds is 6. The molecule has 3 nitrogen and oxygen atoms in total. The number of hydrogen-bond donors (Lipinski definition) is 2. The van der Waals surface area contributed by atoms with Crippen molar-refractivity contribution >= 4 is 0 Å². The van der Waals surface area contributed by atoms with Gasteiger partial charge in [-0.1, -0.05) is 27.7 Å². The second kappa shape index (κ2) is 7.71. The Labute approximate surface area is 139 Å². The first-order chi connectivity index (χ1) is 10.8. The zero-order chi connectivity index (χ0) is 17.0. The van der Waals surface area contributed by atoms with Crippen LogP contribution in [0.2, 0.25) is 0 Å². The summed E-state index contributed by atoms with van der Waals surface area (Å²) in [5.41, 5.74) is 1.90. The van der Waals surface area contributed by atoms with Crippen LogP contribution in [0.5, 0.6) is 0 Å². The smallest absolute Gasteiger partial charge is 0.146 e. The van der Waals surface area contributed by atoms with Gasteiger partial charge in [0.25, 0.3) is 0 Å². The summed E-state index contributed by atoms with van der Waals surface area (Å²) in [6, 6.07) is 3.35. The Bertz CT molecular complexity index is 506. The molecule has 0 spiro atoms. The predicted molar refractivity (Wildman–Crippen MR) is 91.7 cm³/mol. The SMILES string of the molecule is CC(C)[C@H](CO)NCc1nc(C2CCC(C)(C)CC2)ccc1F. The van der Waals surface area contributed by atoms with Crippen LogP contribution >= 0.6 is 0 Å². The molecule has 4 heteroatoms. The molecule has 1 fully saturated rings. The Morgan fingerprint density at radius 1 is 1.30 bits per heavy atom. The van der Waals surface area contributed by atoms with Crippen molar-refractivity contribution in [2.24, 2.45) is 11.3 Å². The van der Waals surface area contributed by atoms with Gasteiger partial charge >= 0.3 is 0 Å². The highest BCUT2D eigenvalue weighted by atomic mass is 19.1. The topological polar surface area (TPSA) is 45.1 Å².